The molecule has 0 N–H and O–H groups in total. The third-order valence-corrected chi connectivity index (χ3v) is 3.89. The summed E-state index contributed by atoms with van der Waals surface area (Å²) in [6, 6.07) is 12.1. The highest BCUT2D eigenvalue weighted by atomic mass is 19.1. The molecular weight excluding hydrogens is 308 g/mol. The van der Waals surface area contributed by atoms with Gasteiger partial charge in [-0.2, -0.15) is 0 Å². The van der Waals surface area contributed by atoms with E-state index in [1.54, 1.807) is 36.4 Å². The lowest BCUT2D eigenvalue weighted by molar-refractivity contribution is -0.113. The smallest absolute Gasteiger partial charge is 0.187 e. The molecule has 122 valence electrons. The van der Waals surface area contributed by atoms with Gasteiger partial charge in [0.15, 0.2) is 5.78 Å². The number of ketones is 1. The number of rotatable bonds is 2. The first-order valence-electron chi connectivity index (χ1n) is 7.67. The summed E-state index contributed by atoms with van der Waals surface area (Å²) in [6.07, 6.45) is 3.58. The Kier molecular flexibility index (Phi) is 4.67. The Morgan fingerprint density at radius 1 is 0.792 bits per heavy atom. The van der Waals surface area contributed by atoms with E-state index in [0.29, 0.717) is 24.2 Å². The van der Waals surface area contributed by atoms with Gasteiger partial charge in [-0.3, -0.25) is 9.69 Å². The number of hydrogen-bond donors (Lipinski definition) is 0. The van der Waals surface area contributed by atoms with Crippen molar-refractivity contribution < 1.29 is 13.6 Å². The molecule has 1 heterocycles. The summed E-state index contributed by atoms with van der Waals surface area (Å²) >= 11 is 0. The van der Waals surface area contributed by atoms with E-state index in [0.717, 1.165) is 11.1 Å². The van der Waals surface area contributed by atoms with Crippen molar-refractivity contribution in [3.05, 3.63) is 82.4 Å². The highest BCUT2D eigenvalue weighted by Gasteiger charge is 2.23. The lowest BCUT2D eigenvalue weighted by atomic mass is 9.94. The zero-order valence-corrected chi connectivity index (χ0v) is 13.3. The van der Waals surface area contributed by atoms with Gasteiger partial charge < -0.3 is 0 Å². The third-order valence-electron chi connectivity index (χ3n) is 3.89. The minimum absolute atomic E-state index is 0.0262. The van der Waals surface area contributed by atoms with Gasteiger partial charge in [-0.25, -0.2) is 8.78 Å². The van der Waals surface area contributed by atoms with E-state index in [1.165, 1.54) is 24.3 Å². The second-order valence-corrected chi connectivity index (χ2v) is 5.94. The molecule has 2 aromatic rings. The summed E-state index contributed by atoms with van der Waals surface area (Å²) in [5.74, 6) is -0.635. The van der Waals surface area contributed by atoms with Gasteiger partial charge in [-0.1, -0.05) is 24.3 Å². The number of likely N-dealkylation sites (tertiary alicyclic amines) is 1. The highest BCUT2D eigenvalue weighted by molar-refractivity contribution is 6.14. The van der Waals surface area contributed by atoms with E-state index >= 15 is 0 Å². The quantitative estimate of drug-likeness (QED) is 0.779. The summed E-state index contributed by atoms with van der Waals surface area (Å²) in [5, 5.41) is 0. The van der Waals surface area contributed by atoms with Crippen LogP contribution in [0.5, 0.6) is 0 Å². The van der Waals surface area contributed by atoms with Crippen LogP contribution in [0, 0.1) is 11.6 Å². The second kappa shape index (κ2) is 6.89. The molecule has 0 atom stereocenters. The summed E-state index contributed by atoms with van der Waals surface area (Å²) in [5.41, 5.74) is 2.89. The van der Waals surface area contributed by atoms with Gasteiger partial charge in [0.1, 0.15) is 11.6 Å². The third kappa shape index (κ3) is 3.84. The molecule has 2 aromatic carbocycles. The summed E-state index contributed by atoms with van der Waals surface area (Å²) in [7, 11) is 1.93. The minimum Gasteiger partial charge on any atom is -0.298 e. The fourth-order valence-corrected chi connectivity index (χ4v) is 2.73. The summed E-state index contributed by atoms with van der Waals surface area (Å²) in [6.45, 7) is 1.08. The number of nitrogens with zero attached hydrogens (tertiary/aromatic N) is 1. The first-order valence-corrected chi connectivity index (χ1v) is 7.67. The van der Waals surface area contributed by atoms with Crippen LogP contribution in [0.4, 0.5) is 8.78 Å². The summed E-state index contributed by atoms with van der Waals surface area (Å²) in [4.78, 5) is 14.7. The molecule has 0 spiro atoms. The van der Waals surface area contributed by atoms with Crippen molar-refractivity contribution in [2.45, 2.75) is 0 Å². The van der Waals surface area contributed by atoms with Crippen LogP contribution in [0.15, 0.2) is 59.7 Å². The Morgan fingerprint density at radius 2 is 1.17 bits per heavy atom. The van der Waals surface area contributed by atoms with E-state index in [1.807, 2.05) is 11.9 Å². The van der Waals surface area contributed by atoms with E-state index in [-0.39, 0.29) is 17.4 Å². The largest absolute Gasteiger partial charge is 0.298 e. The molecular formula is C20H17F2NO. The molecule has 0 bridgehead atoms. The van der Waals surface area contributed by atoms with Crippen LogP contribution in [0.3, 0.4) is 0 Å². The van der Waals surface area contributed by atoms with Gasteiger partial charge in [0.05, 0.1) is 0 Å². The monoisotopic (exact) mass is 325 g/mol. The molecule has 1 aliphatic heterocycles. The van der Waals surface area contributed by atoms with Crippen LogP contribution in [-0.2, 0) is 4.79 Å². The van der Waals surface area contributed by atoms with Crippen molar-refractivity contribution in [2.24, 2.45) is 0 Å². The molecule has 0 aromatic heterocycles. The SMILES string of the molecule is CN1C/C(=C/c2ccc(F)cc2)C(=O)/C(=C/c2ccc(F)cc2)C1. The number of hydrogen-bond acceptors (Lipinski definition) is 2. The number of carbonyl (C=O) groups is 1. The van der Waals surface area contributed by atoms with Crippen molar-refractivity contribution in [2.75, 3.05) is 20.1 Å². The molecule has 3 rings (SSSR count). The van der Waals surface area contributed by atoms with Crippen LogP contribution in [0.2, 0.25) is 0 Å². The molecule has 1 saturated heterocycles. The number of piperidine rings is 1. The van der Waals surface area contributed by atoms with Crippen molar-refractivity contribution in [1.82, 2.24) is 4.90 Å². The predicted molar refractivity (Wildman–Crippen MR) is 91.3 cm³/mol. The van der Waals surface area contributed by atoms with Crippen molar-refractivity contribution in [3.8, 4) is 0 Å². The molecule has 1 aliphatic rings. The van der Waals surface area contributed by atoms with Gasteiger partial charge in [-0.15, -0.1) is 0 Å². The maximum atomic E-state index is 13.0. The van der Waals surface area contributed by atoms with E-state index < -0.39 is 0 Å². The minimum atomic E-state index is -0.305. The molecule has 4 heteroatoms. The number of halogens is 2. The zero-order valence-electron chi connectivity index (χ0n) is 13.3. The maximum Gasteiger partial charge on any atom is 0.187 e. The topological polar surface area (TPSA) is 20.3 Å². The van der Waals surface area contributed by atoms with Gasteiger partial charge in [0.2, 0.25) is 0 Å². The molecule has 1 fully saturated rings. The van der Waals surface area contributed by atoms with Crippen molar-refractivity contribution in [1.29, 1.82) is 0 Å². The first-order chi connectivity index (χ1) is 11.5. The number of Topliss-reactive ketones (excluding diaryl/α,β-unsaturated/α-hetero) is 1. The predicted octanol–water partition coefficient (Wildman–Crippen LogP) is 3.95. The lowest BCUT2D eigenvalue weighted by Crippen LogP contribution is -2.34. The molecule has 24 heavy (non-hydrogen) atoms. The standard InChI is InChI=1S/C20H17F2NO/c1-23-12-16(10-14-2-6-18(21)7-3-14)20(24)17(13-23)11-15-4-8-19(22)9-5-15/h2-11H,12-13H2,1H3/b16-10-,17-11+. The van der Waals surface area contributed by atoms with Crippen molar-refractivity contribution >= 4 is 17.9 Å². The molecule has 2 nitrogen and oxygen atoms in total. The average molecular weight is 325 g/mol. The van der Waals surface area contributed by atoms with Gasteiger partial charge in [-0.05, 0) is 54.6 Å². The van der Waals surface area contributed by atoms with Gasteiger partial charge in [0.25, 0.3) is 0 Å². The zero-order chi connectivity index (χ0) is 17.1. The molecule has 0 saturated carbocycles. The van der Waals surface area contributed by atoms with Crippen LogP contribution in [0.1, 0.15) is 11.1 Å². The van der Waals surface area contributed by atoms with Crippen LogP contribution in [0.25, 0.3) is 12.2 Å². The Bertz CT molecular complexity index is 737. The Balaban J connectivity index is 1.90. The Labute approximate surface area is 139 Å². The number of benzene rings is 2. The number of likely N-dealkylation sites (N-methyl/N-ethyl adjacent to an activating group) is 1. The molecule has 0 aliphatic carbocycles. The van der Waals surface area contributed by atoms with Crippen LogP contribution < -0.4 is 0 Å². The fourth-order valence-electron chi connectivity index (χ4n) is 2.73. The fraction of sp³-hybridized carbons (Fsp3) is 0.150. The van der Waals surface area contributed by atoms with Crippen LogP contribution >= 0.6 is 0 Å². The van der Waals surface area contributed by atoms with E-state index in [2.05, 4.69) is 0 Å². The van der Waals surface area contributed by atoms with E-state index in [9.17, 15) is 13.6 Å². The summed E-state index contributed by atoms with van der Waals surface area (Å²) < 4.78 is 26.0. The average Bonchev–Trinajstić information content (AvgIpc) is 2.56. The first kappa shape index (κ1) is 16.3. The lowest BCUT2D eigenvalue weighted by Gasteiger charge is -2.26. The van der Waals surface area contributed by atoms with Crippen molar-refractivity contribution in [3.63, 3.8) is 0 Å². The number of carbonyl (C=O) groups excluding carboxylic acids is 1. The highest BCUT2D eigenvalue weighted by Crippen LogP contribution is 2.21. The molecule has 0 amide bonds. The van der Waals surface area contributed by atoms with E-state index in [4.69, 9.17) is 0 Å². The van der Waals surface area contributed by atoms with Crippen LogP contribution in [-0.4, -0.2) is 30.8 Å². The molecule has 0 radical (unpaired) electrons. The maximum absolute atomic E-state index is 13.0. The van der Waals surface area contributed by atoms with Gasteiger partial charge in [0, 0.05) is 24.2 Å². The van der Waals surface area contributed by atoms with Gasteiger partial charge >= 0.3 is 0 Å². The Hall–Kier alpha value is -2.59. The molecule has 0 unspecified atom stereocenters. The Morgan fingerprint density at radius 3 is 1.54 bits per heavy atom. The second-order valence-electron chi connectivity index (χ2n) is 5.94. The normalized spacial score (nSPS) is 19.2.